The minimum absolute atomic E-state index is 0.542. The van der Waals surface area contributed by atoms with Gasteiger partial charge in [-0.25, -0.2) is 4.98 Å². The van der Waals surface area contributed by atoms with Crippen molar-refractivity contribution in [3.05, 3.63) is 53.6 Å². The molecule has 0 radical (unpaired) electrons. The maximum atomic E-state index is 4.52. The van der Waals surface area contributed by atoms with Crippen molar-refractivity contribution < 1.29 is 0 Å². The minimum atomic E-state index is 0.542. The van der Waals surface area contributed by atoms with Crippen LogP contribution in [0.4, 0.5) is 11.6 Å². The third kappa shape index (κ3) is 2.32. The van der Waals surface area contributed by atoms with Gasteiger partial charge < -0.3 is 10.6 Å². The summed E-state index contributed by atoms with van der Waals surface area (Å²) in [4.78, 5) is 4.52. The van der Waals surface area contributed by atoms with E-state index >= 15 is 0 Å². The zero-order valence-corrected chi connectivity index (χ0v) is 11.5. The highest BCUT2D eigenvalue weighted by atomic mass is 15.2. The summed E-state index contributed by atoms with van der Waals surface area (Å²) < 4.78 is 0. The normalized spacial score (nSPS) is 13.9. The molecule has 1 aliphatic heterocycles. The van der Waals surface area contributed by atoms with Gasteiger partial charge in [0, 0.05) is 12.2 Å². The fourth-order valence-electron chi connectivity index (χ4n) is 2.70. The zero-order valence-electron chi connectivity index (χ0n) is 11.5. The molecule has 0 atom stereocenters. The summed E-state index contributed by atoms with van der Waals surface area (Å²) in [6.45, 7) is 1.92. The number of anilines is 2. The van der Waals surface area contributed by atoms with Crippen molar-refractivity contribution in [2.45, 2.75) is 13.0 Å². The van der Waals surface area contributed by atoms with Gasteiger partial charge in [-0.1, -0.05) is 24.3 Å². The lowest BCUT2D eigenvalue weighted by molar-refractivity contribution is 0.645. The van der Waals surface area contributed by atoms with Crippen LogP contribution in [0.25, 0.3) is 11.0 Å². The number of aromatic nitrogens is 3. The van der Waals surface area contributed by atoms with Gasteiger partial charge in [-0.2, -0.15) is 0 Å². The van der Waals surface area contributed by atoms with Crippen LogP contribution >= 0.6 is 0 Å². The smallest absolute Gasteiger partial charge is 0.247 e. The zero-order chi connectivity index (χ0) is 14.1. The fraction of sp³-hybridized carbons (Fsp3) is 0.188. The lowest BCUT2D eigenvalue weighted by Crippen LogP contribution is -2.24. The van der Waals surface area contributed by atoms with Crippen LogP contribution in [-0.4, -0.2) is 21.7 Å². The van der Waals surface area contributed by atoms with Crippen LogP contribution < -0.4 is 10.6 Å². The number of benzene rings is 2. The Morgan fingerprint density at radius 1 is 0.952 bits per heavy atom. The maximum absolute atomic E-state index is 4.52. The van der Waals surface area contributed by atoms with E-state index in [-0.39, 0.29) is 0 Å². The number of hydrogen-bond donors (Lipinski definition) is 2. The molecule has 104 valence electrons. The SMILES string of the molecule is c1cc2c(c(Nc3nnc4ccccc4n3)c1)CCNC2. The Hall–Kier alpha value is -2.53. The van der Waals surface area contributed by atoms with Crippen LogP contribution in [0, 0.1) is 0 Å². The molecule has 0 saturated carbocycles. The fourth-order valence-corrected chi connectivity index (χ4v) is 2.70. The average Bonchev–Trinajstić information content (AvgIpc) is 2.55. The molecule has 0 spiro atoms. The van der Waals surface area contributed by atoms with E-state index in [4.69, 9.17) is 0 Å². The van der Waals surface area contributed by atoms with E-state index in [1.165, 1.54) is 11.1 Å². The molecule has 4 rings (SSSR count). The summed E-state index contributed by atoms with van der Waals surface area (Å²) in [5.41, 5.74) is 5.41. The van der Waals surface area contributed by atoms with Crippen molar-refractivity contribution in [3.63, 3.8) is 0 Å². The Kier molecular flexibility index (Phi) is 2.97. The van der Waals surface area contributed by atoms with Crippen LogP contribution in [-0.2, 0) is 13.0 Å². The van der Waals surface area contributed by atoms with Crippen molar-refractivity contribution in [2.24, 2.45) is 0 Å². The molecule has 0 aliphatic carbocycles. The molecule has 0 bridgehead atoms. The molecule has 2 N–H and O–H groups in total. The van der Waals surface area contributed by atoms with Gasteiger partial charge in [0.25, 0.3) is 0 Å². The topological polar surface area (TPSA) is 62.7 Å². The van der Waals surface area contributed by atoms with Gasteiger partial charge in [0.05, 0.1) is 5.52 Å². The average molecular weight is 277 g/mol. The van der Waals surface area contributed by atoms with E-state index in [1.807, 2.05) is 24.3 Å². The second-order valence-electron chi connectivity index (χ2n) is 5.12. The first-order valence-corrected chi connectivity index (χ1v) is 7.08. The van der Waals surface area contributed by atoms with Crippen molar-refractivity contribution in [1.29, 1.82) is 0 Å². The first kappa shape index (κ1) is 12.2. The highest BCUT2D eigenvalue weighted by Crippen LogP contribution is 2.25. The van der Waals surface area contributed by atoms with Crippen molar-refractivity contribution in [2.75, 3.05) is 11.9 Å². The second-order valence-corrected chi connectivity index (χ2v) is 5.12. The standard InChI is InChI=1S/C16H15N5/c1-2-6-15-14(5-1)19-16(21-20-15)18-13-7-3-4-11-10-17-9-8-12(11)13/h1-7,17H,8-10H2,(H,18,19,21). The monoisotopic (exact) mass is 277 g/mol. The van der Waals surface area contributed by atoms with Gasteiger partial charge >= 0.3 is 0 Å². The summed E-state index contributed by atoms with van der Waals surface area (Å²) >= 11 is 0. The number of hydrogen-bond acceptors (Lipinski definition) is 5. The molecule has 0 saturated heterocycles. The Balaban J connectivity index is 1.71. The predicted octanol–water partition coefficient (Wildman–Crippen LogP) is 2.41. The Morgan fingerprint density at radius 2 is 1.86 bits per heavy atom. The van der Waals surface area contributed by atoms with Crippen molar-refractivity contribution >= 4 is 22.7 Å². The third-order valence-corrected chi connectivity index (χ3v) is 3.75. The van der Waals surface area contributed by atoms with Crippen LogP contribution in [0.5, 0.6) is 0 Å². The maximum Gasteiger partial charge on any atom is 0.247 e. The Labute approximate surface area is 122 Å². The Morgan fingerprint density at radius 3 is 2.81 bits per heavy atom. The van der Waals surface area contributed by atoms with E-state index in [0.717, 1.165) is 36.2 Å². The molecule has 0 unspecified atom stereocenters. The van der Waals surface area contributed by atoms with Crippen molar-refractivity contribution in [3.8, 4) is 0 Å². The second kappa shape index (κ2) is 5.10. The summed E-state index contributed by atoms with van der Waals surface area (Å²) in [5.74, 6) is 0.542. The molecule has 5 heteroatoms. The quantitative estimate of drug-likeness (QED) is 0.753. The highest BCUT2D eigenvalue weighted by molar-refractivity contribution is 5.75. The molecule has 5 nitrogen and oxygen atoms in total. The summed E-state index contributed by atoms with van der Waals surface area (Å²) in [5, 5.41) is 15.1. The molecular weight excluding hydrogens is 262 g/mol. The number of para-hydroxylation sites is 1. The van der Waals surface area contributed by atoms with E-state index in [2.05, 4.69) is 44.0 Å². The van der Waals surface area contributed by atoms with Gasteiger partial charge in [0.15, 0.2) is 0 Å². The molecule has 2 heterocycles. The van der Waals surface area contributed by atoms with Gasteiger partial charge in [-0.3, -0.25) is 0 Å². The summed E-state index contributed by atoms with van der Waals surface area (Å²) in [6, 6.07) is 14.0. The first-order chi connectivity index (χ1) is 10.4. The lowest BCUT2D eigenvalue weighted by Gasteiger charge is -2.20. The van der Waals surface area contributed by atoms with Gasteiger partial charge in [0.1, 0.15) is 5.52 Å². The molecule has 0 fully saturated rings. The van der Waals surface area contributed by atoms with E-state index < -0.39 is 0 Å². The Bertz CT molecular complexity index is 800. The molecule has 1 aromatic heterocycles. The number of nitrogens with zero attached hydrogens (tertiary/aromatic N) is 3. The molecular formula is C16H15N5. The molecule has 2 aromatic carbocycles. The third-order valence-electron chi connectivity index (χ3n) is 3.75. The van der Waals surface area contributed by atoms with E-state index in [1.54, 1.807) is 0 Å². The molecule has 21 heavy (non-hydrogen) atoms. The molecule has 0 amide bonds. The van der Waals surface area contributed by atoms with Gasteiger partial charge in [-0.05, 0) is 42.3 Å². The highest BCUT2D eigenvalue weighted by Gasteiger charge is 2.13. The van der Waals surface area contributed by atoms with Gasteiger partial charge in [-0.15, -0.1) is 10.2 Å². The predicted molar refractivity (Wildman–Crippen MR) is 82.5 cm³/mol. The van der Waals surface area contributed by atoms with Crippen LogP contribution in [0.1, 0.15) is 11.1 Å². The van der Waals surface area contributed by atoms with Gasteiger partial charge in [0.2, 0.25) is 5.95 Å². The minimum Gasteiger partial charge on any atom is -0.323 e. The van der Waals surface area contributed by atoms with Crippen LogP contribution in [0.2, 0.25) is 0 Å². The number of nitrogens with one attached hydrogen (secondary N) is 2. The van der Waals surface area contributed by atoms with Crippen LogP contribution in [0.15, 0.2) is 42.5 Å². The summed E-state index contributed by atoms with van der Waals surface area (Å²) in [6.07, 6.45) is 1.01. The van der Waals surface area contributed by atoms with Crippen molar-refractivity contribution in [1.82, 2.24) is 20.5 Å². The number of fused-ring (bicyclic) bond motifs is 2. The first-order valence-electron chi connectivity index (χ1n) is 7.08. The molecule has 3 aromatic rings. The van der Waals surface area contributed by atoms with Crippen LogP contribution in [0.3, 0.4) is 0 Å². The molecule has 1 aliphatic rings. The largest absolute Gasteiger partial charge is 0.323 e. The summed E-state index contributed by atoms with van der Waals surface area (Å²) in [7, 11) is 0. The van der Waals surface area contributed by atoms with E-state index in [9.17, 15) is 0 Å². The number of rotatable bonds is 2. The van der Waals surface area contributed by atoms with E-state index in [0.29, 0.717) is 5.95 Å². The lowest BCUT2D eigenvalue weighted by atomic mass is 9.99.